The van der Waals surface area contributed by atoms with Crippen molar-refractivity contribution in [2.24, 2.45) is 11.3 Å². The van der Waals surface area contributed by atoms with E-state index in [0.717, 1.165) is 18.4 Å². The van der Waals surface area contributed by atoms with Gasteiger partial charge in [-0.2, -0.15) is 0 Å². The summed E-state index contributed by atoms with van der Waals surface area (Å²) in [6.45, 7) is 13.0. The number of ether oxygens (including phenoxy) is 1. The zero-order valence-electron chi connectivity index (χ0n) is 23.5. The summed E-state index contributed by atoms with van der Waals surface area (Å²) in [6, 6.07) is 15.7. The molecule has 204 valence electrons. The molecule has 0 unspecified atom stereocenters. The lowest BCUT2D eigenvalue weighted by molar-refractivity contribution is -0.139. The lowest BCUT2D eigenvalue weighted by atomic mass is 9.84. The van der Waals surface area contributed by atoms with Crippen LogP contribution < -0.4 is 10.6 Å². The molecule has 0 radical (unpaired) electrons. The van der Waals surface area contributed by atoms with Crippen LogP contribution in [0.3, 0.4) is 0 Å². The lowest BCUT2D eigenvalue weighted by Gasteiger charge is -2.37. The minimum Gasteiger partial charge on any atom is -0.463 e. The molecule has 0 aromatic heterocycles. The Labute approximate surface area is 226 Å². The van der Waals surface area contributed by atoms with Crippen LogP contribution in [0.5, 0.6) is 0 Å². The number of nitrogens with zero attached hydrogens (tertiary/aromatic N) is 1. The van der Waals surface area contributed by atoms with E-state index in [1.165, 1.54) is 0 Å². The fraction of sp³-hybridized carbons (Fsp3) is 0.452. The lowest BCUT2D eigenvalue weighted by Crippen LogP contribution is -2.48. The molecule has 2 aromatic carbocycles. The molecule has 2 N–H and O–H groups in total. The third-order valence-corrected chi connectivity index (χ3v) is 6.31. The molecule has 0 fully saturated rings. The van der Waals surface area contributed by atoms with Crippen molar-refractivity contribution in [1.29, 1.82) is 0 Å². The predicted octanol–water partition coefficient (Wildman–Crippen LogP) is 6.54. The molecule has 7 nitrogen and oxygen atoms in total. The first-order valence-corrected chi connectivity index (χ1v) is 13.5. The highest BCUT2D eigenvalue weighted by atomic mass is 16.5. The van der Waals surface area contributed by atoms with Crippen LogP contribution in [0.2, 0.25) is 0 Å². The van der Waals surface area contributed by atoms with E-state index in [1.54, 1.807) is 11.8 Å². The monoisotopic (exact) mass is 519 g/mol. The van der Waals surface area contributed by atoms with Gasteiger partial charge >= 0.3 is 12.0 Å². The van der Waals surface area contributed by atoms with Crippen LogP contribution in [0.25, 0.3) is 5.70 Å². The van der Waals surface area contributed by atoms with E-state index in [0.29, 0.717) is 35.5 Å². The van der Waals surface area contributed by atoms with Crippen molar-refractivity contribution in [1.82, 2.24) is 10.2 Å². The van der Waals surface area contributed by atoms with Crippen molar-refractivity contribution in [3.63, 3.8) is 0 Å². The fourth-order valence-electron chi connectivity index (χ4n) is 5.12. The largest absolute Gasteiger partial charge is 0.463 e. The molecule has 0 spiro atoms. The molecule has 1 aliphatic rings. The summed E-state index contributed by atoms with van der Waals surface area (Å²) in [6.07, 6.45) is 2.08. The second-order valence-electron chi connectivity index (χ2n) is 11.1. The van der Waals surface area contributed by atoms with Crippen LogP contribution in [0.15, 0.2) is 60.2 Å². The zero-order valence-corrected chi connectivity index (χ0v) is 23.5. The number of carbonyl (C=O) groups excluding carboxylic acids is 3. The highest BCUT2D eigenvalue weighted by Gasteiger charge is 2.38. The van der Waals surface area contributed by atoms with E-state index in [2.05, 4.69) is 38.3 Å². The van der Waals surface area contributed by atoms with Crippen LogP contribution >= 0.6 is 0 Å². The first-order chi connectivity index (χ1) is 18.0. The molecule has 38 heavy (non-hydrogen) atoms. The second kappa shape index (κ2) is 12.8. The Kier molecular flexibility index (Phi) is 9.72. The summed E-state index contributed by atoms with van der Waals surface area (Å²) in [7, 11) is 0. The van der Waals surface area contributed by atoms with E-state index in [9.17, 15) is 14.4 Å². The van der Waals surface area contributed by atoms with Gasteiger partial charge in [0.2, 0.25) is 5.91 Å². The Morgan fingerprint density at radius 3 is 2.42 bits per heavy atom. The van der Waals surface area contributed by atoms with Gasteiger partial charge in [-0.3, -0.25) is 9.69 Å². The number of hydrogen-bond acceptors (Lipinski definition) is 4. The maximum absolute atomic E-state index is 13.4. The Morgan fingerprint density at radius 2 is 1.79 bits per heavy atom. The third kappa shape index (κ3) is 7.46. The second-order valence-corrected chi connectivity index (χ2v) is 11.1. The van der Waals surface area contributed by atoms with Crippen LogP contribution in [0.4, 0.5) is 10.5 Å². The average molecular weight is 520 g/mol. The highest BCUT2D eigenvalue weighted by molar-refractivity contribution is 6.04. The Balaban J connectivity index is 2.00. The third-order valence-electron chi connectivity index (χ3n) is 6.31. The van der Waals surface area contributed by atoms with Gasteiger partial charge in [0.15, 0.2) is 0 Å². The van der Waals surface area contributed by atoms with Gasteiger partial charge in [-0.1, -0.05) is 77.1 Å². The van der Waals surface area contributed by atoms with E-state index < -0.39 is 12.0 Å². The molecule has 2 atom stereocenters. The molecule has 0 saturated heterocycles. The van der Waals surface area contributed by atoms with E-state index in [4.69, 9.17) is 4.74 Å². The van der Waals surface area contributed by atoms with Crippen LogP contribution in [-0.4, -0.2) is 36.0 Å². The normalized spacial score (nSPS) is 16.6. The van der Waals surface area contributed by atoms with Gasteiger partial charge in [-0.25, -0.2) is 9.59 Å². The van der Waals surface area contributed by atoms with E-state index >= 15 is 0 Å². The summed E-state index contributed by atoms with van der Waals surface area (Å²) in [5.41, 5.74) is 3.13. The number of carbonyl (C=O) groups is 3. The van der Waals surface area contributed by atoms with Gasteiger partial charge in [0, 0.05) is 18.7 Å². The molecule has 0 saturated carbocycles. The minimum absolute atomic E-state index is 0.0631. The van der Waals surface area contributed by atoms with Gasteiger partial charge in [0.1, 0.15) is 0 Å². The topological polar surface area (TPSA) is 87.7 Å². The number of urea groups is 1. The zero-order chi connectivity index (χ0) is 27.9. The fourth-order valence-corrected chi connectivity index (χ4v) is 5.12. The number of anilines is 1. The molecule has 3 amide bonds. The van der Waals surface area contributed by atoms with E-state index in [-0.39, 0.29) is 29.9 Å². The van der Waals surface area contributed by atoms with Crippen molar-refractivity contribution in [2.45, 2.75) is 66.8 Å². The molecular weight excluding hydrogens is 478 g/mol. The van der Waals surface area contributed by atoms with Gasteiger partial charge in [0.05, 0.1) is 23.9 Å². The maximum Gasteiger partial charge on any atom is 0.338 e. The molecule has 0 bridgehead atoms. The number of hydrogen-bond donors (Lipinski definition) is 2. The summed E-state index contributed by atoms with van der Waals surface area (Å²) in [5.74, 6) is -0.304. The van der Waals surface area contributed by atoms with Crippen molar-refractivity contribution in [3.05, 3.63) is 71.3 Å². The SMILES string of the molecule is CCCN1C(=O)N[C@@H](c2cccc(NC(=O)C[C@H](C)CC(C)(C)C)c2)C(C(=O)OCC)=C1c1ccccc1. The molecule has 7 heteroatoms. The number of nitrogens with one attached hydrogen (secondary N) is 2. The van der Waals surface area contributed by atoms with Gasteiger partial charge < -0.3 is 15.4 Å². The van der Waals surface area contributed by atoms with Crippen molar-refractivity contribution in [2.75, 3.05) is 18.5 Å². The number of esters is 1. The van der Waals surface area contributed by atoms with Crippen LogP contribution in [0, 0.1) is 11.3 Å². The first kappa shape index (κ1) is 29.0. The van der Waals surface area contributed by atoms with E-state index in [1.807, 2.05) is 61.5 Å². The van der Waals surface area contributed by atoms with Gasteiger partial charge in [-0.05, 0) is 54.4 Å². The summed E-state index contributed by atoms with van der Waals surface area (Å²) < 4.78 is 5.48. The Bertz CT molecular complexity index is 1170. The molecule has 0 aliphatic carbocycles. The number of rotatable bonds is 10. The van der Waals surface area contributed by atoms with Crippen LogP contribution in [-0.2, 0) is 14.3 Å². The average Bonchev–Trinajstić information content (AvgIpc) is 2.84. The molecule has 1 aliphatic heterocycles. The first-order valence-electron chi connectivity index (χ1n) is 13.5. The number of amides is 3. The van der Waals surface area contributed by atoms with Gasteiger partial charge in [-0.15, -0.1) is 0 Å². The Hall–Kier alpha value is -3.61. The van der Waals surface area contributed by atoms with Gasteiger partial charge in [0.25, 0.3) is 0 Å². The smallest absolute Gasteiger partial charge is 0.338 e. The molecule has 1 heterocycles. The number of benzene rings is 2. The van der Waals surface area contributed by atoms with Crippen molar-refractivity contribution < 1.29 is 19.1 Å². The quantitative estimate of drug-likeness (QED) is 0.349. The molecule has 2 aromatic rings. The highest BCUT2D eigenvalue weighted by Crippen LogP contribution is 2.37. The standard InChI is InChI=1S/C31H41N3O4/c1-7-17-34-28(22-13-10-9-11-14-22)26(29(36)38-8-2)27(33-30(34)37)23-15-12-16-24(19-23)32-25(35)18-21(3)20-31(4,5)6/h9-16,19,21,27H,7-8,17-18,20H2,1-6H3,(H,32,35)(H,33,37)/t21-,27-/m0/s1. The van der Waals surface area contributed by atoms with Crippen molar-refractivity contribution in [3.8, 4) is 0 Å². The Morgan fingerprint density at radius 1 is 1.08 bits per heavy atom. The molecule has 3 rings (SSSR count). The van der Waals surface area contributed by atoms with Crippen LogP contribution in [0.1, 0.15) is 78.0 Å². The summed E-state index contributed by atoms with van der Waals surface area (Å²) in [5, 5.41) is 6.01. The summed E-state index contributed by atoms with van der Waals surface area (Å²) >= 11 is 0. The molecular formula is C31H41N3O4. The van der Waals surface area contributed by atoms with Crippen molar-refractivity contribution >= 4 is 29.3 Å². The maximum atomic E-state index is 13.4. The predicted molar refractivity (Wildman–Crippen MR) is 151 cm³/mol. The summed E-state index contributed by atoms with van der Waals surface area (Å²) in [4.78, 5) is 41.1. The minimum atomic E-state index is -0.735.